The Labute approximate surface area is 104 Å². The Hall–Kier alpha value is -1.69. The third-order valence-corrected chi connectivity index (χ3v) is 2.26. The predicted molar refractivity (Wildman–Crippen MR) is 61.6 cm³/mol. The van der Waals surface area contributed by atoms with Gasteiger partial charge in [0.05, 0.1) is 6.61 Å². The van der Waals surface area contributed by atoms with Gasteiger partial charge in [-0.25, -0.2) is 8.78 Å². The van der Waals surface area contributed by atoms with E-state index in [9.17, 15) is 13.6 Å². The van der Waals surface area contributed by atoms with Crippen LogP contribution in [0.5, 0.6) is 5.75 Å². The van der Waals surface area contributed by atoms with E-state index in [2.05, 4.69) is 5.32 Å². The maximum absolute atomic E-state index is 12.8. The summed E-state index contributed by atoms with van der Waals surface area (Å²) in [5.74, 6) is -2.39. The highest BCUT2D eigenvalue weighted by Gasteiger charge is 2.15. The molecule has 1 aromatic carbocycles. The molecule has 0 spiro atoms. The number of nitrogens with one attached hydrogen (secondary N) is 1. The SMILES string of the molecule is CCNC(CCOc1cc(F)cc(F)c1)C(=O)O. The van der Waals surface area contributed by atoms with E-state index in [-0.39, 0.29) is 18.8 Å². The first-order valence-corrected chi connectivity index (χ1v) is 5.58. The molecule has 0 fully saturated rings. The van der Waals surface area contributed by atoms with Gasteiger partial charge in [0.15, 0.2) is 0 Å². The topological polar surface area (TPSA) is 58.6 Å². The van der Waals surface area contributed by atoms with Crippen molar-refractivity contribution < 1.29 is 23.4 Å². The standard InChI is InChI=1S/C12H15F2NO3/c1-2-15-11(12(16)17)3-4-18-10-6-8(13)5-9(14)7-10/h5-7,11,15H,2-4H2,1H3,(H,16,17). The lowest BCUT2D eigenvalue weighted by Crippen LogP contribution is -2.37. The van der Waals surface area contributed by atoms with Crippen LogP contribution in [0.3, 0.4) is 0 Å². The molecule has 0 aliphatic rings. The minimum atomic E-state index is -0.981. The Balaban J connectivity index is 2.47. The van der Waals surface area contributed by atoms with E-state index in [0.29, 0.717) is 6.54 Å². The molecule has 0 aromatic heterocycles. The van der Waals surface area contributed by atoms with Crippen LogP contribution in [0.1, 0.15) is 13.3 Å². The van der Waals surface area contributed by atoms with Gasteiger partial charge in [-0.2, -0.15) is 0 Å². The first kappa shape index (κ1) is 14.4. The fourth-order valence-corrected chi connectivity index (χ4v) is 1.47. The van der Waals surface area contributed by atoms with Crippen molar-refractivity contribution in [3.63, 3.8) is 0 Å². The Bertz CT molecular complexity index is 392. The molecule has 100 valence electrons. The predicted octanol–water partition coefficient (Wildman–Crippen LogP) is 1.80. The normalized spacial score (nSPS) is 12.2. The second-order valence-electron chi connectivity index (χ2n) is 3.69. The lowest BCUT2D eigenvalue weighted by Gasteiger charge is -2.13. The van der Waals surface area contributed by atoms with Crippen LogP contribution in [0.2, 0.25) is 0 Å². The number of halogens is 2. The summed E-state index contributed by atoms with van der Waals surface area (Å²) in [6.45, 7) is 2.37. The molecule has 1 unspecified atom stereocenters. The van der Waals surface area contributed by atoms with Gasteiger partial charge in [-0.3, -0.25) is 4.79 Å². The summed E-state index contributed by atoms with van der Waals surface area (Å²) in [6, 6.07) is 2.11. The minimum absolute atomic E-state index is 0.0492. The molecule has 1 rings (SSSR count). The van der Waals surface area contributed by atoms with Crippen molar-refractivity contribution in [1.29, 1.82) is 0 Å². The molecule has 1 atom stereocenters. The van der Waals surface area contributed by atoms with Crippen LogP contribution in [0, 0.1) is 11.6 Å². The van der Waals surface area contributed by atoms with E-state index in [1.807, 2.05) is 0 Å². The fourth-order valence-electron chi connectivity index (χ4n) is 1.47. The van der Waals surface area contributed by atoms with Crippen molar-refractivity contribution in [3.05, 3.63) is 29.8 Å². The molecule has 18 heavy (non-hydrogen) atoms. The lowest BCUT2D eigenvalue weighted by atomic mass is 10.2. The van der Waals surface area contributed by atoms with Gasteiger partial charge in [-0.05, 0) is 6.54 Å². The van der Waals surface area contributed by atoms with E-state index in [4.69, 9.17) is 9.84 Å². The molecule has 0 aliphatic heterocycles. The summed E-state index contributed by atoms with van der Waals surface area (Å²) in [6.07, 6.45) is 0.210. The van der Waals surface area contributed by atoms with Crippen LogP contribution in [-0.2, 0) is 4.79 Å². The summed E-state index contributed by atoms with van der Waals surface area (Å²) >= 11 is 0. The molecule has 0 saturated carbocycles. The zero-order valence-corrected chi connectivity index (χ0v) is 9.95. The molecule has 0 saturated heterocycles. The fraction of sp³-hybridized carbons (Fsp3) is 0.417. The zero-order valence-electron chi connectivity index (χ0n) is 9.95. The molecule has 0 amide bonds. The van der Waals surface area contributed by atoms with Crippen LogP contribution in [0.15, 0.2) is 18.2 Å². The summed E-state index contributed by atoms with van der Waals surface area (Å²) in [7, 11) is 0. The maximum Gasteiger partial charge on any atom is 0.320 e. The van der Waals surface area contributed by atoms with Crippen LogP contribution in [0.4, 0.5) is 8.78 Å². The molecule has 0 aliphatic carbocycles. The highest BCUT2D eigenvalue weighted by molar-refractivity contribution is 5.73. The number of ether oxygens (including phenoxy) is 1. The number of aliphatic carboxylic acids is 1. The third-order valence-electron chi connectivity index (χ3n) is 2.26. The number of likely N-dealkylation sites (N-methyl/N-ethyl adjacent to an activating group) is 1. The van der Waals surface area contributed by atoms with Gasteiger partial charge in [0.25, 0.3) is 0 Å². The molecule has 2 N–H and O–H groups in total. The summed E-state index contributed by atoms with van der Waals surface area (Å²) in [5.41, 5.74) is 0. The highest BCUT2D eigenvalue weighted by Crippen LogP contribution is 2.15. The Morgan fingerprint density at radius 3 is 2.50 bits per heavy atom. The second-order valence-corrected chi connectivity index (χ2v) is 3.69. The lowest BCUT2D eigenvalue weighted by molar-refractivity contribution is -0.139. The number of carbonyl (C=O) groups is 1. The Kier molecular flexibility index (Phi) is 5.51. The van der Waals surface area contributed by atoms with Gasteiger partial charge in [-0.15, -0.1) is 0 Å². The van der Waals surface area contributed by atoms with Crippen molar-refractivity contribution in [2.45, 2.75) is 19.4 Å². The van der Waals surface area contributed by atoms with Gasteiger partial charge in [-0.1, -0.05) is 6.92 Å². The third kappa shape index (κ3) is 4.67. The first-order valence-electron chi connectivity index (χ1n) is 5.58. The van der Waals surface area contributed by atoms with Crippen molar-refractivity contribution in [1.82, 2.24) is 5.32 Å². The zero-order chi connectivity index (χ0) is 13.5. The Morgan fingerprint density at radius 2 is 2.00 bits per heavy atom. The van der Waals surface area contributed by atoms with Crippen molar-refractivity contribution in [2.24, 2.45) is 0 Å². The molecule has 4 nitrogen and oxygen atoms in total. The van der Waals surface area contributed by atoms with Crippen molar-refractivity contribution >= 4 is 5.97 Å². The molecule has 0 heterocycles. The van der Waals surface area contributed by atoms with E-state index in [0.717, 1.165) is 18.2 Å². The van der Waals surface area contributed by atoms with Gasteiger partial charge < -0.3 is 15.2 Å². The van der Waals surface area contributed by atoms with E-state index in [1.54, 1.807) is 6.92 Å². The first-order chi connectivity index (χ1) is 8.52. The monoisotopic (exact) mass is 259 g/mol. The average molecular weight is 259 g/mol. The number of benzene rings is 1. The number of carboxylic acids is 1. The van der Waals surface area contributed by atoms with E-state index in [1.165, 1.54) is 0 Å². The maximum atomic E-state index is 12.8. The number of carboxylic acid groups (broad SMARTS) is 1. The van der Waals surface area contributed by atoms with Gasteiger partial charge >= 0.3 is 5.97 Å². The molecule has 6 heteroatoms. The number of hydrogen-bond donors (Lipinski definition) is 2. The van der Waals surface area contributed by atoms with Gasteiger partial charge in [0, 0.05) is 24.6 Å². The largest absolute Gasteiger partial charge is 0.493 e. The van der Waals surface area contributed by atoms with Crippen molar-refractivity contribution in [2.75, 3.05) is 13.2 Å². The van der Waals surface area contributed by atoms with Crippen LogP contribution >= 0.6 is 0 Å². The molecular formula is C12H15F2NO3. The van der Waals surface area contributed by atoms with Gasteiger partial charge in [0.2, 0.25) is 0 Å². The molecule has 1 aromatic rings. The van der Waals surface area contributed by atoms with Crippen LogP contribution in [-0.4, -0.2) is 30.3 Å². The highest BCUT2D eigenvalue weighted by atomic mass is 19.1. The molecular weight excluding hydrogens is 244 g/mol. The van der Waals surface area contributed by atoms with Crippen LogP contribution < -0.4 is 10.1 Å². The van der Waals surface area contributed by atoms with Crippen molar-refractivity contribution in [3.8, 4) is 5.75 Å². The smallest absolute Gasteiger partial charge is 0.320 e. The molecule has 0 radical (unpaired) electrons. The minimum Gasteiger partial charge on any atom is -0.493 e. The summed E-state index contributed by atoms with van der Waals surface area (Å²) < 4.78 is 30.8. The number of rotatable bonds is 7. The second kappa shape index (κ2) is 6.90. The van der Waals surface area contributed by atoms with Gasteiger partial charge in [0.1, 0.15) is 23.4 Å². The molecule has 0 bridgehead atoms. The van der Waals surface area contributed by atoms with E-state index < -0.39 is 23.6 Å². The Morgan fingerprint density at radius 1 is 1.39 bits per heavy atom. The number of hydrogen-bond acceptors (Lipinski definition) is 3. The summed E-state index contributed by atoms with van der Waals surface area (Å²) in [5, 5.41) is 11.6. The summed E-state index contributed by atoms with van der Waals surface area (Å²) in [4.78, 5) is 10.8. The van der Waals surface area contributed by atoms with E-state index >= 15 is 0 Å². The average Bonchev–Trinajstić information content (AvgIpc) is 2.26. The van der Waals surface area contributed by atoms with Crippen LogP contribution in [0.25, 0.3) is 0 Å². The quantitative estimate of drug-likeness (QED) is 0.784.